The van der Waals surface area contributed by atoms with E-state index in [-0.39, 0.29) is 11.8 Å². The van der Waals surface area contributed by atoms with Gasteiger partial charge in [0.15, 0.2) is 0 Å². The normalized spacial score (nSPS) is 16.5. The van der Waals surface area contributed by atoms with E-state index in [1.54, 1.807) is 10.8 Å². The highest BCUT2D eigenvalue weighted by atomic mass is 16.5. The van der Waals surface area contributed by atoms with Crippen molar-refractivity contribution in [3.05, 3.63) is 64.3 Å². The molecule has 1 atom stereocenters. The lowest BCUT2D eigenvalue weighted by Crippen LogP contribution is -2.31. The summed E-state index contributed by atoms with van der Waals surface area (Å²) in [6.45, 7) is 2.48. The SMILES string of the molecule is Cc1ccc2[nH]ncc2c1C1Cn2c(=O)ncc3cccc(c32)O1. The molecular formula is C18H14N4O2. The van der Waals surface area contributed by atoms with Gasteiger partial charge in [-0.15, -0.1) is 0 Å². The zero-order chi connectivity index (χ0) is 16.3. The first-order chi connectivity index (χ1) is 11.7. The summed E-state index contributed by atoms with van der Waals surface area (Å²) in [5.74, 6) is 0.711. The van der Waals surface area contributed by atoms with E-state index in [0.717, 1.165) is 32.9 Å². The van der Waals surface area contributed by atoms with Crippen molar-refractivity contribution in [2.45, 2.75) is 19.6 Å². The van der Waals surface area contributed by atoms with Gasteiger partial charge in [-0.1, -0.05) is 18.2 Å². The van der Waals surface area contributed by atoms with Gasteiger partial charge in [-0.2, -0.15) is 5.10 Å². The number of aryl methyl sites for hydroxylation is 1. The minimum absolute atomic E-state index is 0.250. The zero-order valence-electron chi connectivity index (χ0n) is 13.0. The largest absolute Gasteiger partial charge is 0.482 e. The Kier molecular flexibility index (Phi) is 2.59. The molecule has 0 fully saturated rings. The van der Waals surface area contributed by atoms with Crippen LogP contribution in [-0.4, -0.2) is 19.7 Å². The van der Waals surface area contributed by atoms with Gasteiger partial charge >= 0.3 is 5.69 Å². The van der Waals surface area contributed by atoms with Crippen molar-refractivity contribution in [3.63, 3.8) is 0 Å². The van der Waals surface area contributed by atoms with E-state index < -0.39 is 0 Å². The van der Waals surface area contributed by atoms with E-state index in [1.165, 1.54) is 0 Å². The van der Waals surface area contributed by atoms with Gasteiger partial charge < -0.3 is 4.74 Å². The van der Waals surface area contributed by atoms with Gasteiger partial charge in [0.1, 0.15) is 11.9 Å². The number of H-pyrrole nitrogens is 1. The van der Waals surface area contributed by atoms with E-state index in [0.29, 0.717) is 12.3 Å². The average molecular weight is 318 g/mol. The molecule has 1 N–H and O–H groups in total. The van der Waals surface area contributed by atoms with Gasteiger partial charge in [0.05, 0.1) is 23.8 Å². The number of nitrogens with one attached hydrogen (secondary N) is 1. The third kappa shape index (κ3) is 1.73. The first kappa shape index (κ1) is 13.3. The lowest BCUT2D eigenvalue weighted by atomic mass is 9.98. The molecule has 0 saturated carbocycles. The van der Waals surface area contributed by atoms with E-state index in [9.17, 15) is 4.79 Å². The van der Waals surface area contributed by atoms with Crippen LogP contribution in [0.2, 0.25) is 0 Å². The molecule has 3 heterocycles. The van der Waals surface area contributed by atoms with Gasteiger partial charge in [-0.05, 0) is 24.6 Å². The van der Waals surface area contributed by atoms with E-state index in [2.05, 4.69) is 15.2 Å². The molecule has 2 aromatic carbocycles. The maximum atomic E-state index is 12.3. The molecule has 24 heavy (non-hydrogen) atoms. The zero-order valence-corrected chi connectivity index (χ0v) is 13.0. The number of benzene rings is 2. The summed E-state index contributed by atoms with van der Waals surface area (Å²) in [5.41, 5.74) is 3.69. The fourth-order valence-electron chi connectivity index (χ4n) is 3.57. The second-order valence-electron chi connectivity index (χ2n) is 6.08. The molecule has 0 radical (unpaired) electrons. The molecule has 118 valence electrons. The predicted octanol–water partition coefficient (Wildman–Crippen LogP) is 2.71. The molecule has 2 aromatic heterocycles. The van der Waals surface area contributed by atoms with Gasteiger partial charge in [-0.3, -0.25) is 9.67 Å². The second kappa shape index (κ2) is 4.67. The fraction of sp³-hybridized carbons (Fsp3) is 0.167. The van der Waals surface area contributed by atoms with Crippen molar-refractivity contribution in [2.75, 3.05) is 0 Å². The fourth-order valence-corrected chi connectivity index (χ4v) is 3.57. The highest BCUT2D eigenvalue weighted by Crippen LogP contribution is 2.37. The third-order valence-electron chi connectivity index (χ3n) is 4.67. The summed E-state index contributed by atoms with van der Waals surface area (Å²) in [7, 11) is 0. The highest BCUT2D eigenvalue weighted by Gasteiger charge is 2.27. The van der Waals surface area contributed by atoms with Gasteiger partial charge in [-0.25, -0.2) is 9.78 Å². The van der Waals surface area contributed by atoms with Crippen molar-refractivity contribution in [2.24, 2.45) is 0 Å². The van der Waals surface area contributed by atoms with Crippen LogP contribution in [0, 0.1) is 6.92 Å². The Morgan fingerprint density at radius 1 is 1.25 bits per heavy atom. The van der Waals surface area contributed by atoms with Gasteiger partial charge in [0, 0.05) is 22.5 Å². The molecule has 1 unspecified atom stereocenters. The maximum absolute atomic E-state index is 12.3. The van der Waals surface area contributed by atoms with Crippen LogP contribution in [0.15, 0.2) is 47.5 Å². The molecule has 6 nitrogen and oxygen atoms in total. The summed E-state index contributed by atoms with van der Waals surface area (Å²) in [6, 6.07) is 9.80. The molecule has 5 rings (SSSR count). The minimum Gasteiger partial charge on any atom is -0.482 e. The number of nitrogens with zero attached hydrogens (tertiary/aromatic N) is 3. The second-order valence-corrected chi connectivity index (χ2v) is 6.08. The summed E-state index contributed by atoms with van der Waals surface area (Å²) >= 11 is 0. The molecule has 0 aliphatic carbocycles. The summed E-state index contributed by atoms with van der Waals surface area (Å²) < 4.78 is 7.98. The monoisotopic (exact) mass is 318 g/mol. The molecule has 4 aromatic rings. The highest BCUT2D eigenvalue weighted by molar-refractivity contribution is 5.86. The average Bonchev–Trinajstić information content (AvgIpc) is 3.06. The van der Waals surface area contributed by atoms with Crippen LogP contribution < -0.4 is 10.4 Å². The van der Waals surface area contributed by atoms with Crippen LogP contribution in [0.25, 0.3) is 21.8 Å². The number of aromatic amines is 1. The molecule has 0 amide bonds. The number of fused-ring (bicyclic) bond motifs is 1. The Balaban J connectivity index is 1.76. The van der Waals surface area contributed by atoms with Crippen LogP contribution in [0.5, 0.6) is 5.75 Å². The van der Waals surface area contributed by atoms with Gasteiger partial charge in [0.2, 0.25) is 0 Å². The van der Waals surface area contributed by atoms with Crippen LogP contribution >= 0.6 is 0 Å². The standard InChI is InChI=1S/C18H14N4O2/c1-10-5-6-13-12(8-20-21-13)16(10)15-9-22-17-11(7-19-18(22)23)3-2-4-14(17)24-15/h2-8,15H,9H2,1H3,(H,20,21). The predicted molar refractivity (Wildman–Crippen MR) is 90.2 cm³/mol. The van der Waals surface area contributed by atoms with Crippen molar-refractivity contribution in [1.29, 1.82) is 0 Å². The summed E-state index contributed by atoms with van der Waals surface area (Å²) in [4.78, 5) is 16.3. The molecule has 1 aliphatic heterocycles. The minimum atomic E-state index is -0.258. The Morgan fingerprint density at radius 3 is 3.08 bits per heavy atom. The van der Waals surface area contributed by atoms with Crippen molar-refractivity contribution < 1.29 is 4.74 Å². The molecular weight excluding hydrogens is 304 g/mol. The topological polar surface area (TPSA) is 72.8 Å². The molecule has 1 aliphatic rings. The number of aromatic nitrogens is 4. The Morgan fingerprint density at radius 2 is 2.17 bits per heavy atom. The van der Waals surface area contributed by atoms with Crippen molar-refractivity contribution in [1.82, 2.24) is 19.7 Å². The summed E-state index contributed by atoms with van der Waals surface area (Å²) in [6.07, 6.45) is 3.15. The molecule has 0 saturated heterocycles. The van der Waals surface area contributed by atoms with Crippen LogP contribution in [0.3, 0.4) is 0 Å². The number of rotatable bonds is 1. The van der Waals surface area contributed by atoms with E-state index in [4.69, 9.17) is 4.74 Å². The van der Waals surface area contributed by atoms with Crippen LogP contribution in [-0.2, 0) is 6.54 Å². The molecule has 0 bridgehead atoms. The number of ether oxygens (including phenoxy) is 1. The van der Waals surface area contributed by atoms with E-state index in [1.807, 2.05) is 43.5 Å². The lowest BCUT2D eigenvalue weighted by Gasteiger charge is -2.28. The Bertz CT molecular complexity index is 1160. The van der Waals surface area contributed by atoms with Crippen LogP contribution in [0.1, 0.15) is 17.2 Å². The van der Waals surface area contributed by atoms with Crippen molar-refractivity contribution >= 4 is 21.8 Å². The Hall–Kier alpha value is -3.15. The van der Waals surface area contributed by atoms with Gasteiger partial charge in [0.25, 0.3) is 0 Å². The smallest absolute Gasteiger partial charge is 0.348 e. The van der Waals surface area contributed by atoms with Crippen molar-refractivity contribution in [3.8, 4) is 5.75 Å². The molecule has 0 spiro atoms. The quantitative estimate of drug-likeness (QED) is 0.586. The third-order valence-corrected chi connectivity index (χ3v) is 4.67. The lowest BCUT2D eigenvalue weighted by molar-refractivity contribution is 0.172. The Labute approximate surface area is 136 Å². The molecule has 6 heteroatoms. The first-order valence-electron chi connectivity index (χ1n) is 7.80. The number of hydrogen-bond acceptors (Lipinski definition) is 4. The van der Waals surface area contributed by atoms with E-state index >= 15 is 0 Å². The first-order valence-corrected chi connectivity index (χ1v) is 7.80. The maximum Gasteiger partial charge on any atom is 0.348 e. The van der Waals surface area contributed by atoms with Crippen LogP contribution in [0.4, 0.5) is 0 Å². The summed E-state index contributed by atoms with van der Waals surface area (Å²) in [5, 5.41) is 9.05. The number of para-hydroxylation sites is 1. The number of hydrogen-bond donors (Lipinski definition) is 1.